The Hall–Kier alpha value is -1.71. The summed E-state index contributed by atoms with van der Waals surface area (Å²) in [5.41, 5.74) is 1.36. The minimum Gasteiger partial charge on any atom is -0.289 e. The third kappa shape index (κ3) is 2.60. The minimum atomic E-state index is -0.152. The zero-order valence-corrected chi connectivity index (χ0v) is 12.6. The fraction of sp³-hybridized carbons (Fsp3) is 0.353. The molecule has 0 aromatic heterocycles. The van der Waals surface area contributed by atoms with Crippen molar-refractivity contribution in [2.24, 2.45) is 0 Å². The van der Waals surface area contributed by atoms with Gasteiger partial charge in [0, 0.05) is 17.6 Å². The zero-order chi connectivity index (χ0) is 14.8. The lowest BCUT2D eigenvalue weighted by molar-refractivity contribution is 0.0516. The van der Waals surface area contributed by atoms with Gasteiger partial charge < -0.3 is 0 Å². The molecule has 1 aromatic carbocycles. The number of carbonyl (C=O) groups excluding carboxylic acids is 1. The summed E-state index contributed by atoms with van der Waals surface area (Å²) in [4.78, 5) is 16.7. The molecule has 3 nitrogen and oxygen atoms in total. The van der Waals surface area contributed by atoms with Gasteiger partial charge in [-0.15, -0.1) is 0 Å². The molecule has 3 heteroatoms. The summed E-state index contributed by atoms with van der Waals surface area (Å²) in [7, 11) is 8.23. The summed E-state index contributed by atoms with van der Waals surface area (Å²) in [5.74, 6) is 0.0907. The van der Waals surface area contributed by atoms with Gasteiger partial charge in [0.15, 0.2) is 5.78 Å². The van der Waals surface area contributed by atoms with Crippen LogP contribution in [0, 0.1) is 0 Å². The lowest BCUT2D eigenvalue weighted by Gasteiger charge is -2.44. The predicted octanol–water partition coefficient (Wildman–Crippen LogP) is 2.58. The van der Waals surface area contributed by atoms with E-state index in [0.29, 0.717) is 0 Å². The minimum absolute atomic E-state index is 0.0907. The second-order valence-corrected chi connectivity index (χ2v) is 5.56. The highest BCUT2D eigenvalue weighted by Gasteiger charge is 2.33. The summed E-state index contributed by atoms with van der Waals surface area (Å²) < 4.78 is 0. The molecule has 0 unspecified atom stereocenters. The normalized spacial score (nSPS) is 17.4. The average Bonchev–Trinajstić information content (AvgIpc) is 2.47. The second-order valence-electron chi connectivity index (χ2n) is 5.56. The van der Waals surface area contributed by atoms with Crippen molar-refractivity contribution in [1.29, 1.82) is 0 Å². The molecule has 0 aliphatic heterocycles. The van der Waals surface area contributed by atoms with Crippen LogP contribution in [0.25, 0.3) is 0 Å². The monoisotopic (exact) mass is 270 g/mol. The fourth-order valence-corrected chi connectivity index (χ4v) is 2.61. The van der Waals surface area contributed by atoms with E-state index >= 15 is 0 Å². The summed E-state index contributed by atoms with van der Waals surface area (Å²) in [6.45, 7) is 0. The van der Waals surface area contributed by atoms with Crippen LogP contribution in [0.5, 0.6) is 0 Å². The molecule has 2 rings (SSSR count). The molecule has 20 heavy (non-hydrogen) atoms. The number of Topliss-reactive ketones (excluding diaryl/α,β-unsaturated/α-hetero) is 1. The number of allylic oxidation sites excluding steroid dienone is 2. The number of benzene rings is 1. The van der Waals surface area contributed by atoms with E-state index in [1.165, 1.54) is 0 Å². The molecular formula is C17H22N2O. The topological polar surface area (TPSA) is 23.6 Å². The van der Waals surface area contributed by atoms with Crippen molar-refractivity contribution in [1.82, 2.24) is 9.80 Å². The van der Waals surface area contributed by atoms with Crippen molar-refractivity contribution in [3.05, 3.63) is 59.7 Å². The molecule has 0 saturated carbocycles. The van der Waals surface area contributed by atoms with Crippen molar-refractivity contribution in [2.45, 2.75) is 12.1 Å². The Balaban J connectivity index is 2.22. The molecule has 0 heterocycles. The van der Waals surface area contributed by atoms with Crippen molar-refractivity contribution >= 4 is 5.78 Å². The zero-order valence-electron chi connectivity index (χ0n) is 12.6. The van der Waals surface area contributed by atoms with Crippen molar-refractivity contribution in [2.75, 3.05) is 28.2 Å². The van der Waals surface area contributed by atoms with Gasteiger partial charge in [0.2, 0.25) is 0 Å². The molecule has 1 aliphatic carbocycles. The van der Waals surface area contributed by atoms with Crippen molar-refractivity contribution in [3.63, 3.8) is 0 Å². The molecule has 0 bridgehead atoms. The lowest BCUT2D eigenvalue weighted by Crippen LogP contribution is -2.54. The van der Waals surface area contributed by atoms with Crippen LogP contribution in [0.4, 0.5) is 0 Å². The molecule has 0 amide bonds. The molecule has 0 spiro atoms. The van der Waals surface area contributed by atoms with Gasteiger partial charge in [-0.1, -0.05) is 42.5 Å². The summed E-state index contributed by atoms with van der Waals surface area (Å²) in [6, 6.07) is 9.42. The Morgan fingerprint density at radius 1 is 1.05 bits per heavy atom. The van der Waals surface area contributed by atoms with Gasteiger partial charge in [0.25, 0.3) is 0 Å². The van der Waals surface area contributed by atoms with Gasteiger partial charge in [-0.25, -0.2) is 0 Å². The van der Waals surface area contributed by atoms with Crippen LogP contribution in [0.3, 0.4) is 0 Å². The Kier molecular flexibility index (Phi) is 4.21. The number of nitrogens with zero attached hydrogens (tertiary/aromatic N) is 2. The number of rotatable bonds is 4. The number of hydrogen-bond acceptors (Lipinski definition) is 3. The van der Waals surface area contributed by atoms with Crippen LogP contribution in [0.2, 0.25) is 0 Å². The Morgan fingerprint density at radius 3 is 2.10 bits per heavy atom. The van der Waals surface area contributed by atoms with Gasteiger partial charge in [-0.2, -0.15) is 0 Å². The standard InChI is InChI=1S/C17H22N2O/c1-18(2)17(19(3)4)12-10-15(11-13-17)16(20)14-8-6-5-7-9-14/h5-12H,13H2,1-4H3. The summed E-state index contributed by atoms with van der Waals surface area (Å²) in [5, 5.41) is 0. The third-order valence-corrected chi connectivity index (χ3v) is 4.00. The molecule has 1 aliphatic rings. The molecule has 0 saturated heterocycles. The maximum Gasteiger partial charge on any atom is 0.192 e. The lowest BCUT2D eigenvalue weighted by atomic mass is 9.91. The smallest absolute Gasteiger partial charge is 0.192 e. The van der Waals surface area contributed by atoms with E-state index < -0.39 is 0 Å². The van der Waals surface area contributed by atoms with E-state index in [0.717, 1.165) is 17.6 Å². The first kappa shape index (κ1) is 14.7. The average molecular weight is 270 g/mol. The van der Waals surface area contributed by atoms with E-state index in [9.17, 15) is 4.79 Å². The third-order valence-electron chi connectivity index (χ3n) is 4.00. The van der Waals surface area contributed by atoms with Gasteiger partial charge in [-0.3, -0.25) is 14.6 Å². The van der Waals surface area contributed by atoms with Crippen molar-refractivity contribution < 1.29 is 4.79 Å². The van der Waals surface area contributed by atoms with Crippen LogP contribution in [0.1, 0.15) is 16.8 Å². The van der Waals surface area contributed by atoms with Gasteiger partial charge in [-0.05, 0) is 34.3 Å². The molecular weight excluding hydrogens is 248 g/mol. The molecule has 0 N–H and O–H groups in total. The Labute approximate surface area is 121 Å². The molecule has 0 atom stereocenters. The SMILES string of the molecule is CN(C)C1(N(C)C)C=CC(C(=O)c2ccccc2)=CC1. The maximum absolute atomic E-state index is 12.4. The van der Waals surface area contributed by atoms with Crippen LogP contribution >= 0.6 is 0 Å². The highest BCUT2D eigenvalue weighted by molar-refractivity contribution is 6.10. The summed E-state index contributed by atoms with van der Waals surface area (Å²) in [6.07, 6.45) is 6.90. The molecule has 106 valence electrons. The predicted molar refractivity (Wildman–Crippen MR) is 82.7 cm³/mol. The maximum atomic E-state index is 12.4. The second kappa shape index (κ2) is 5.73. The van der Waals surface area contributed by atoms with E-state index in [1.54, 1.807) is 0 Å². The van der Waals surface area contributed by atoms with E-state index in [2.05, 4.69) is 44.1 Å². The Morgan fingerprint density at radius 2 is 1.65 bits per heavy atom. The van der Waals surface area contributed by atoms with Crippen LogP contribution in [-0.2, 0) is 0 Å². The largest absolute Gasteiger partial charge is 0.289 e. The van der Waals surface area contributed by atoms with Gasteiger partial charge >= 0.3 is 0 Å². The number of carbonyl (C=O) groups is 1. The van der Waals surface area contributed by atoms with Gasteiger partial charge in [0.1, 0.15) is 0 Å². The number of likely N-dealkylation sites (N-methyl/N-ethyl adjacent to an activating group) is 2. The summed E-state index contributed by atoms with van der Waals surface area (Å²) >= 11 is 0. The van der Waals surface area contributed by atoms with Crippen LogP contribution in [-0.4, -0.2) is 49.4 Å². The number of ketones is 1. The highest BCUT2D eigenvalue weighted by atomic mass is 16.1. The first-order valence-corrected chi connectivity index (χ1v) is 6.81. The first-order chi connectivity index (χ1) is 9.47. The van der Waals surface area contributed by atoms with E-state index in [-0.39, 0.29) is 11.4 Å². The van der Waals surface area contributed by atoms with E-state index in [1.807, 2.05) is 42.5 Å². The fourth-order valence-electron chi connectivity index (χ4n) is 2.61. The van der Waals surface area contributed by atoms with Crippen LogP contribution in [0.15, 0.2) is 54.1 Å². The molecule has 0 fully saturated rings. The quantitative estimate of drug-likeness (QED) is 0.620. The van der Waals surface area contributed by atoms with E-state index in [4.69, 9.17) is 0 Å². The highest BCUT2D eigenvalue weighted by Crippen LogP contribution is 2.28. The first-order valence-electron chi connectivity index (χ1n) is 6.81. The van der Waals surface area contributed by atoms with Crippen molar-refractivity contribution in [3.8, 4) is 0 Å². The van der Waals surface area contributed by atoms with Gasteiger partial charge in [0.05, 0.1) is 5.66 Å². The number of hydrogen-bond donors (Lipinski definition) is 0. The Bertz CT molecular complexity index is 533. The van der Waals surface area contributed by atoms with Crippen LogP contribution < -0.4 is 0 Å². The molecule has 1 aromatic rings. The molecule has 0 radical (unpaired) electrons.